The highest BCUT2D eigenvalue weighted by Gasteiger charge is 2.29. The van der Waals surface area contributed by atoms with Crippen molar-refractivity contribution in [3.8, 4) is 0 Å². The van der Waals surface area contributed by atoms with Gasteiger partial charge in [-0.3, -0.25) is 0 Å². The molecular formula is C11H13N3O2. The van der Waals surface area contributed by atoms with Crippen molar-refractivity contribution in [3.05, 3.63) is 30.3 Å². The topological polar surface area (TPSA) is 52.4 Å². The third kappa shape index (κ3) is 2.31. The standard InChI is InChI=1S/C11H13N3O2/c1-13(11(16)14-7-8-14)10(15)12-9-5-3-2-4-6-9/h2-6H,7-8H2,1H3,(H,12,15). The summed E-state index contributed by atoms with van der Waals surface area (Å²) in [6.45, 7) is 1.48. The van der Waals surface area contributed by atoms with Gasteiger partial charge in [-0.25, -0.2) is 14.5 Å². The van der Waals surface area contributed by atoms with E-state index >= 15 is 0 Å². The van der Waals surface area contributed by atoms with Gasteiger partial charge in [0.1, 0.15) is 0 Å². The number of carbonyl (C=O) groups excluding carboxylic acids is 2. The van der Waals surface area contributed by atoms with E-state index in [1.165, 1.54) is 7.05 Å². The van der Waals surface area contributed by atoms with Crippen LogP contribution in [0.2, 0.25) is 0 Å². The summed E-state index contributed by atoms with van der Waals surface area (Å²) in [6.07, 6.45) is 0. The van der Waals surface area contributed by atoms with Crippen LogP contribution < -0.4 is 5.32 Å². The first-order chi connectivity index (χ1) is 7.68. The Balaban J connectivity index is 1.95. The number of para-hydroxylation sites is 1. The molecule has 0 bridgehead atoms. The molecule has 0 spiro atoms. The quantitative estimate of drug-likeness (QED) is 0.729. The van der Waals surface area contributed by atoms with Gasteiger partial charge in [0.15, 0.2) is 0 Å². The van der Waals surface area contributed by atoms with Gasteiger partial charge in [0.05, 0.1) is 0 Å². The molecule has 16 heavy (non-hydrogen) atoms. The molecule has 1 N–H and O–H groups in total. The Morgan fingerprint density at radius 3 is 2.44 bits per heavy atom. The molecule has 1 aliphatic rings. The minimum atomic E-state index is -0.414. The molecule has 0 aromatic heterocycles. The average molecular weight is 219 g/mol. The largest absolute Gasteiger partial charge is 0.329 e. The summed E-state index contributed by atoms with van der Waals surface area (Å²) >= 11 is 0. The van der Waals surface area contributed by atoms with Crippen molar-refractivity contribution in [2.75, 3.05) is 25.5 Å². The zero-order chi connectivity index (χ0) is 11.5. The summed E-state index contributed by atoms with van der Waals surface area (Å²) in [5.74, 6) is 0. The number of nitrogens with one attached hydrogen (secondary N) is 1. The van der Waals surface area contributed by atoms with Gasteiger partial charge in [-0.05, 0) is 12.1 Å². The molecule has 0 aliphatic carbocycles. The highest BCUT2D eigenvalue weighted by Crippen LogP contribution is 2.10. The lowest BCUT2D eigenvalue weighted by Gasteiger charge is -2.16. The van der Waals surface area contributed by atoms with E-state index in [2.05, 4.69) is 5.32 Å². The van der Waals surface area contributed by atoms with Crippen molar-refractivity contribution in [1.29, 1.82) is 0 Å². The number of amides is 4. The Morgan fingerprint density at radius 1 is 1.25 bits per heavy atom. The van der Waals surface area contributed by atoms with Crippen LogP contribution >= 0.6 is 0 Å². The minimum absolute atomic E-state index is 0.256. The van der Waals surface area contributed by atoms with Gasteiger partial charge in [-0.15, -0.1) is 0 Å². The second-order valence-electron chi connectivity index (χ2n) is 3.62. The summed E-state index contributed by atoms with van der Waals surface area (Å²) in [4.78, 5) is 25.9. The maximum Gasteiger partial charge on any atom is 0.329 e. The number of hydrogen-bond acceptors (Lipinski definition) is 2. The van der Waals surface area contributed by atoms with Crippen LogP contribution in [-0.2, 0) is 0 Å². The molecule has 2 rings (SSSR count). The highest BCUT2D eigenvalue weighted by molar-refractivity contribution is 6.00. The molecule has 1 aliphatic heterocycles. The summed E-state index contributed by atoms with van der Waals surface area (Å²) < 4.78 is 0. The Morgan fingerprint density at radius 2 is 1.88 bits per heavy atom. The van der Waals surface area contributed by atoms with Gasteiger partial charge < -0.3 is 10.2 Å². The Bertz CT molecular complexity index is 401. The highest BCUT2D eigenvalue weighted by atomic mass is 16.2. The van der Waals surface area contributed by atoms with Crippen molar-refractivity contribution in [1.82, 2.24) is 9.80 Å². The van der Waals surface area contributed by atoms with Crippen LogP contribution in [0.5, 0.6) is 0 Å². The molecule has 1 fully saturated rings. The monoisotopic (exact) mass is 219 g/mol. The molecule has 5 nitrogen and oxygen atoms in total. The van der Waals surface area contributed by atoms with Crippen molar-refractivity contribution in [2.24, 2.45) is 0 Å². The van der Waals surface area contributed by atoms with E-state index in [0.717, 1.165) is 18.0 Å². The van der Waals surface area contributed by atoms with Gasteiger partial charge in [0.25, 0.3) is 0 Å². The van der Waals surface area contributed by atoms with Crippen LogP contribution in [0.3, 0.4) is 0 Å². The van der Waals surface area contributed by atoms with Crippen LogP contribution in [0.25, 0.3) is 0 Å². The number of hydrogen-bond donors (Lipinski definition) is 1. The van der Waals surface area contributed by atoms with E-state index < -0.39 is 6.03 Å². The number of anilines is 1. The first-order valence-electron chi connectivity index (χ1n) is 5.07. The van der Waals surface area contributed by atoms with E-state index in [1.807, 2.05) is 18.2 Å². The van der Waals surface area contributed by atoms with E-state index in [0.29, 0.717) is 5.69 Å². The van der Waals surface area contributed by atoms with Crippen LogP contribution in [0, 0.1) is 0 Å². The molecular weight excluding hydrogens is 206 g/mol. The molecule has 5 heteroatoms. The van der Waals surface area contributed by atoms with Crippen molar-refractivity contribution in [3.63, 3.8) is 0 Å². The lowest BCUT2D eigenvalue weighted by molar-refractivity contribution is 0.192. The number of rotatable bonds is 1. The SMILES string of the molecule is CN(C(=O)Nc1ccccc1)C(=O)N1CC1. The second-order valence-corrected chi connectivity index (χ2v) is 3.62. The maximum atomic E-state index is 11.7. The fourth-order valence-corrected chi connectivity index (χ4v) is 1.27. The molecule has 1 aromatic rings. The van der Waals surface area contributed by atoms with Crippen LogP contribution in [0.4, 0.5) is 15.3 Å². The molecule has 0 unspecified atom stereocenters. The average Bonchev–Trinajstić information content (AvgIpc) is 3.12. The summed E-state index contributed by atoms with van der Waals surface area (Å²) in [5, 5.41) is 2.64. The van der Waals surface area contributed by atoms with Crippen molar-refractivity contribution in [2.45, 2.75) is 0 Å². The zero-order valence-electron chi connectivity index (χ0n) is 9.01. The predicted octanol–water partition coefficient (Wildman–Crippen LogP) is 1.59. The number of benzene rings is 1. The van der Waals surface area contributed by atoms with Gasteiger partial charge in [0, 0.05) is 25.8 Å². The molecule has 1 aromatic carbocycles. The zero-order valence-corrected chi connectivity index (χ0v) is 9.01. The van der Waals surface area contributed by atoms with Gasteiger partial charge in [0.2, 0.25) is 0 Å². The van der Waals surface area contributed by atoms with Crippen LogP contribution in [0.15, 0.2) is 30.3 Å². The lowest BCUT2D eigenvalue weighted by Crippen LogP contribution is -2.39. The lowest BCUT2D eigenvalue weighted by atomic mass is 10.3. The molecule has 0 atom stereocenters. The first-order valence-corrected chi connectivity index (χ1v) is 5.07. The van der Waals surface area contributed by atoms with Crippen LogP contribution in [0.1, 0.15) is 0 Å². The van der Waals surface area contributed by atoms with E-state index in [1.54, 1.807) is 17.0 Å². The van der Waals surface area contributed by atoms with Gasteiger partial charge in [-0.2, -0.15) is 0 Å². The van der Waals surface area contributed by atoms with Crippen molar-refractivity contribution < 1.29 is 9.59 Å². The van der Waals surface area contributed by atoms with Crippen LogP contribution in [-0.4, -0.2) is 42.0 Å². The number of imide groups is 1. The molecule has 1 heterocycles. The molecule has 0 saturated carbocycles. The summed E-state index contributed by atoms with van der Waals surface area (Å²) in [6, 6.07) is 8.38. The van der Waals surface area contributed by atoms with E-state index in [-0.39, 0.29) is 6.03 Å². The first kappa shape index (κ1) is 10.5. The van der Waals surface area contributed by atoms with Crippen molar-refractivity contribution >= 4 is 17.7 Å². The smallest absolute Gasteiger partial charge is 0.321 e. The molecule has 0 radical (unpaired) electrons. The number of nitrogens with zero attached hydrogens (tertiary/aromatic N) is 2. The summed E-state index contributed by atoms with van der Waals surface area (Å²) in [5.41, 5.74) is 0.679. The van der Waals surface area contributed by atoms with Gasteiger partial charge in [-0.1, -0.05) is 18.2 Å². The van der Waals surface area contributed by atoms with E-state index in [9.17, 15) is 9.59 Å². The second kappa shape index (κ2) is 4.22. The molecule has 4 amide bonds. The predicted molar refractivity (Wildman–Crippen MR) is 60.2 cm³/mol. The third-order valence-corrected chi connectivity index (χ3v) is 2.33. The van der Waals surface area contributed by atoms with E-state index in [4.69, 9.17) is 0 Å². The molecule has 1 saturated heterocycles. The Labute approximate surface area is 93.6 Å². The van der Waals surface area contributed by atoms with Gasteiger partial charge >= 0.3 is 12.1 Å². The third-order valence-electron chi connectivity index (χ3n) is 2.33. The summed E-state index contributed by atoms with van der Waals surface area (Å²) in [7, 11) is 1.47. The maximum absolute atomic E-state index is 11.7. The normalized spacial score (nSPS) is 13.2. The Hall–Kier alpha value is -2.04. The fraction of sp³-hybridized carbons (Fsp3) is 0.273. The number of urea groups is 2. The number of carbonyl (C=O) groups is 2. The molecule has 84 valence electrons. The Kier molecular flexibility index (Phi) is 2.76. The fourth-order valence-electron chi connectivity index (χ4n) is 1.27. The minimum Gasteiger partial charge on any atom is -0.321 e.